The molecule has 39 heavy (non-hydrogen) atoms. The van der Waals surface area contributed by atoms with Crippen molar-refractivity contribution in [2.24, 2.45) is 4.99 Å². The molecule has 0 spiro atoms. The van der Waals surface area contributed by atoms with Gasteiger partial charge in [-0.3, -0.25) is 4.79 Å². The minimum Gasteiger partial charge on any atom is -0.458 e. The van der Waals surface area contributed by atoms with E-state index in [2.05, 4.69) is 30.9 Å². The molecule has 7 rings (SSSR count). The highest BCUT2D eigenvalue weighted by molar-refractivity contribution is 6.16. The fourth-order valence-corrected chi connectivity index (χ4v) is 6.32. The van der Waals surface area contributed by atoms with E-state index < -0.39 is 11.6 Å². The number of anilines is 1. The Balaban J connectivity index is 1.52. The van der Waals surface area contributed by atoms with E-state index in [-0.39, 0.29) is 24.6 Å². The third-order valence-electron chi connectivity index (χ3n) is 8.42. The van der Waals surface area contributed by atoms with E-state index in [9.17, 15) is 14.7 Å². The lowest BCUT2D eigenvalue weighted by molar-refractivity contribution is -0.172. The van der Waals surface area contributed by atoms with Crippen LogP contribution in [0.2, 0.25) is 0 Å². The fourth-order valence-electron chi connectivity index (χ4n) is 6.32. The Bertz CT molecular complexity index is 1790. The summed E-state index contributed by atoms with van der Waals surface area (Å²) < 4.78 is 6.94. The van der Waals surface area contributed by atoms with Crippen LogP contribution in [0.5, 0.6) is 0 Å². The van der Waals surface area contributed by atoms with Crippen molar-refractivity contribution >= 4 is 34.1 Å². The third kappa shape index (κ3) is 3.15. The maximum atomic E-state index is 13.8. The Kier molecular flexibility index (Phi) is 5.09. The van der Waals surface area contributed by atoms with Gasteiger partial charge in [-0.1, -0.05) is 50.2 Å². The highest BCUT2D eigenvalue weighted by atomic mass is 16.6. The molecule has 0 fully saturated rings. The molecule has 0 aliphatic carbocycles. The minimum atomic E-state index is -1.86. The van der Waals surface area contributed by atoms with Gasteiger partial charge >= 0.3 is 5.97 Å². The van der Waals surface area contributed by atoms with Gasteiger partial charge in [-0.05, 0) is 37.1 Å². The Morgan fingerprint density at radius 2 is 1.87 bits per heavy atom. The van der Waals surface area contributed by atoms with E-state index in [1.165, 1.54) is 0 Å². The number of hydrogen-bond acceptors (Lipinski definition) is 7. The van der Waals surface area contributed by atoms with Crippen LogP contribution < -0.4 is 10.5 Å². The first-order valence-corrected chi connectivity index (χ1v) is 13.4. The van der Waals surface area contributed by atoms with Gasteiger partial charge in [0.25, 0.3) is 5.56 Å². The van der Waals surface area contributed by atoms with Gasteiger partial charge in [0.05, 0.1) is 51.8 Å². The number of fused-ring (bicyclic) bond motifs is 5. The number of carbonyl (C=O) groups is 1. The van der Waals surface area contributed by atoms with Gasteiger partial charge in [0.1, 0.15) is 12.4 Å². The Morgan fingerprint density at radius 3 is 2.62 bits per heavy atom. The van der Waals surface area contributed by atoms with Crippen LogP contribution >= 0.6 is 0 Å². The van der Waals surface area contributed by atoms with Crippen molar-refractivity contribution in [3.8, 4) is 11.4 Å². The number of esters is 1. The number of amidine groups is 1. The molecule has 1 N–H and O–H groups in total. The number of pyridine rings is 2. The number of ether oxygens (including phenoxy) is 1. The maximum absolute atomic E-state index is 13.8. The van der Waals surface area contributed by atoms with Crippen molar-refractivity contribution < 1.29 is 14.6 Å². The molecular formula is C31H28N4O4. The van der Waals surface area contributed by atoms with Crippen molar-refractivity contribution in [2.75, 3.05) is 4.90 Å². The van der Waals surface area contributed by atoms with Crippen LogP contribution in [0.25, 0.3) is 22.3 Å². The molecule has 3 aliphatic rings. The summed E-state index contributed by atoms with van der Waals surface area (Å²) in [5.41, 5.74) is 4.56. The van der Waals surface area contributed by atoms with Gasteiger partial charge in [-0.2, -0.15) is 0 Å². The van der Waals surface area contributed by atoms with E-state index in [1.807, 2.05) is 36.4 Å². The molecule has 2 aromatic carbocycles. The number of carbonyl (C=O) groups excluding carboxylic acids is 1. The summed E-state index contributed by atoms with van der Waals surface area (Å²) in [7, 11) is 0. The monoisotopic (exact) mass is 520 g/mol. The highest BCUT2D eigenvalue weighted by Crippen LogP contribution is 2.49. The lowest BCUT2D eigenvalue weighted by atomic mass is 9.86. The van der Waals surface area contributed by atoms with Crippen molar-refractivity contribution in [2.45, 2.75) is 58.4 Å². The Hall–Kier alpha value is -4.30. The number of aliphatic imine (C=N–C) groups is 1. The lowest BCUT2D eigenvalue weighted by Gasteiger charge is -2.37. The molecule has 2 aromatic heterocycles. The molecule has 8 heteroatoms. The van der Waals surface area contributed by atoms with Gasteiger partial charge in [0.2, 0.25) is 0 Å². The van der Waals surface area contributed by atoms with E-state index in [4.69, 9.17) is 14.7 Å². The summed E-state index contributed by atoms with van der Waals surface area (Å²) in [6.07, 6.45) is 0.835. The quantitative estimate of drug-likeness (QED) is 0.331. The first kappa shape index (κ1) is 23.8. The predicted molar refractivity (Wildman–Crippen MR) is 149 cm³/mol. The number of aromatic nitrogens is 2. The van der Waals surface area contributed by atoms with Crippen LogP contribution in [0.4, 0.5) is 11.4 Å². The largest absolute Gasteiger partial charge is 0.458 e. The molecule has 196 valence electrons. The second-order valence-corrected chi connectivity index (χ2v) is 10.4. The average Bonchev–Trinajstić information content (AvgIpc) is 3.34. The summed E-state index contributed by atoms with van der Waals surface area (Å²) in [4.78, 5) is 38.8. The van der Waals surface area contributed by atoms with Gasteiger partial charge in [0.15, 0.2) is 5.60 Å². The summed E-state index contributed by atoms with van der Waals surface area (Å²) in [6.45, 7) is 6.16. The summed E-state index contributed by atoms with van der Waals surface area (Å²) >= 11 is 0. The zero-order chi connectivity index (χ0) is 27.1. The fraction of sp³-hybridized carbons (Fsp3) is 0.290. The molecule has 8 nitrogen and oxygen atoms in total. The van der Waals surface area contributed by atoms with Crippen LogP contribution in [-0.2, 0) is 28.3 Å². The molecule has 0 saturated heterocycles. The Morgan fingerprint density at radius 1 is 1.08 bits per heavy atom. The molecule has 4 aromatic rings. The molecule has 0 saturated carbocycles. The Labute approximate surface area is 225 Å². The molecule has 2 unspecified atom stereocenters. The zero-order valence-corrected chi connectivity index (χ0v) is 22.1. The third-order valence-corrected chi connectivity index (χ3v) is 8.42. The summed E-state index contributed by atoms with van der Waals surface area (Å²) in [6, 6.07) is 18.0. The maximum Gasteiger partial charge on any atom is 0.343 e. The van der Waals surface area contributed by atoms with E-state index in [0.29, 0.717) is 29.1 Å². The standard InChI is InChI=1S/C31H28N4O4/c1-4-25-32-22-12-9-13-23-26(22)28(35(25)17(3)18-10-7-6-8-11-18)19-15-34-24(27(19)33-23)14-21-20(29(34)36)16-39-30(37)31(21,38)5-2/h6-14,17,38H,4-5,15-16H2,1-3H3. The van der Waals surface area contributed by atoms with Gasteiger partial charge in [0, 0.05) is 17.5 Å². The van der Waals surface area contributed by atoms with Gasteiger partial charge < -0.3 is 19.3 Å². The highest BCUT2D eigenvalue weighted by Gasteiger charge is 2.46. The number of hydrogen-bond donors (Lipinski definition) is 1. The van der Waals surface area contributed by atoms with Gasteiger partial charge in [-0.15, -0.1) is 0 Å². The van der Waals surface area contributed by atoms with Crippen LogP contribution in [0.3, 0.4) is 0 Å². The smallest absolute Gasteiger partial charge is 0.343 e. The minimum absolute atomic E-state index is 0.0159. The molecule has 0 radical (unpaired) electrons. The van der Waals surface area contributed by atoms with Gasteiger partial charge in [-0.25, -0.2) is 14.8 Å². The van der Waals surface area contributed by atoms with Crippen molar-refractivity contribution in [3.05, 3.63) is 87.2 Å². The van der Waals surface area contributed by atoms with Crippen molar-refractivity contribution in [1.82, 2.24) is 9.55 Å². The molecule has 2 atom stereocenters. The van der Waals surface area contributed by atoms with E-state index >= 15 is 0 Å². The average molecular weight is 521 g/mol. The van der Waals surface area contributed by atoms with Crippen LogP contribution in [0.15, 0.2) is 64.4 Å². The van der Waals surface area contributed by atoms with E-state index in [1.54, 1.807) is 17.6 Å². The number of nitrogens with zero attached hydrogens (tertiary/aromatic N) is 4. The number of rotatable bonds is 4. The zero-order valence-electron chi connectivity index (χ0n) is 22.1. The summed E-state index contributed by atoms with van der Waals surface area (Å²) in [5, 5.41) is 12.2. The second kappa shape index (κ2) is 8.35. The SMILES string of the molecule is CCC1=Nc2cccc3nc4c(c(c23)N1C(C)c1ccccc1)Cn1c-4cc2c(c1=O)COC(=O)C2(O)CC. The molecular weight excluding hydrogens is 492 g/mol. The lowest BCUT2D eigenvalue weighted by Crippen LogP contribution is -2.44. The van der Waals surface area contributed by atoms with Crippen LogP contribution in [0.1, 0.15) is 61.9 Å². The first-order chi connectivity index (χ1) is 18.9. The first-order valence-electron chi connectivity index (χ1n) is 13.4. The molecule has 3 aliphatic heterocycles. The molecule has 0 amide bonds. The molecule has 5 heterocycles. The topological polar surface area (TPSA) is 97.0 Å². The second-order valence-electron chi connectivity index (χ2n) is 10.4. The number of cyclic esters (lactones) is 1. The normalized spacial score (nSPS) is 19.7. The number of benzene rings is 2. The van der Waals surface area contributed by atoms with Crippen LogP contribution in [-0.4, -0.2) is 26.5 Å². The van der Waals surface area contributed by atoms with Crippen molar-refractivity contribution in [3.63, 3.8) is 0 Å². The predicted octanol–water partition coefficient (Wildman–Crippen LogP) is 5.10. The van der Waals surface area contributed by atoms with Crippen molar-refractivity contribution in [1.29, 1.82) is 0 Å². The van der Waals surface area contributed by atoms with Crippen LogP contribution in [0, 0.1) is 0 Å². The summed E-state index contributed by atoms with van der Waals surface area (Å²) in [5.74, 6) is 0.222. The number of aliphatic hydroxyl groups is 1. The molecule has 0 bridgehead atoms. The van der Waals surface area contributed by atoms with E-state index in [0.717, 1.165) is 45.7 Å².